The van der Waals surface area contributed by atoms with Gasteiger partial charge in [-0.05, 0) is 37.6 Å². The molecule has 0 radical (unpaired) electrons. The lowest BCUT2D eigenvalue weighted by molar-refractivity contribution is -0.139. The van der Waals surface area contributed by atoms with Gasteiger partial charge in [0.25, 0.3) is 0 Å². The minimum atomic E-state index is -0.805. The number of nitrogens with zero attached hydrogens (tertiary/aromatic N) is 1. The van der Waals surface area contributed by atoms with E-state index in [0.717, 1.165) is 24.3 Å². The molecule has 25 heavy (non-hydrogen) atoms. The number of benzene rings is 1. The number of hydrogen-bond acceptors (Lipinski definition) is 6. The van der Waals surface area contributed by atoms with E-state index < -0.39 is 18.5 Å². The van der Waals surface area contributed by atoms with E-state index in [4.69, 9.17) is 4.74 Å². The third-order valence-electron chi connectivity index (χ3n) is 3.56. The molecule has 0 atom stereocenters. The maximum atomic E-state index is 12.0. The highest BCUT2D eigenvalue weighted by Crippen LogP contribution is 2.21. The van der Waals surface area contributed by atoms with Crippen molar-refractivity contribution in [3.05, 3.63) is 42.0 Å². The number of ketones is 1. The van der Waals surface area contributed by atoms with Gasteiger partial charge < -0.3 is 14.4 Å². The van der Waals surface area contributed by atoms with E-state index in [1.807, 2.05) is 0 Å². The number of amides is 1. The monoisotopic (exact) mass is 345 g/mol. The Kier molecular flexibility index (Phi) is 6.45. The lowest BCUT2D eigenvalue weighted by Gasteiger charge is -2.15. The van der Waals surface area contributed by atoms with Gasteiger partial charge in [0.1, 0.15) is 0 Å². The standard InChI is InChI=1S/C18H19NO6/c1-2-24-17(22)9-10-18(23)25-12-15(20)13-5-7-14(8-6-13)19-11-3-4-16(19)21/h5-10H,2-4,11-12H2,1H3/b10-9+. The maximum Gasteiger partial charge on any atom is 0.331 e. The molecule has 0 spiro atoms. The van der Waals surface area contributed by atoms with E-state index >= 15 is 0 Å². The van der Waals surface area contributed by atoms with Crippen molar-refractivity contribution in [2.24, 2.45) is 0 Å². The highest BCUT2D eigenvalue weighted by Gasteiger charge is 2.21. The average molecular weight is 345 g/mol. The minimum Gasteiger partial charge on any atom is -0.463 e. The first-order chi connectivity index (χ1) is 12.0. The SMILES string of the molecule is CCOC(=O)/C=C/C(=O)OCC(=O)c1ccc(N2CCCC2=O)cc1. The van der Waals surface area contributed by atoms with Crippen molar-refractivity contribution in [3.63, 3.8) is 0 Å². The van der Waals surface area contributed by atoms with Gasteiger partial charge in [-0.2, -0.15) is 0 Å². The molecular weight excluding hydrogens is 326 g/mol. The zero-order valence-corrected chi connectivity index (χ0v) is 13.9. The first kappa shape index (κ1) is 18.4. The van der Waals surface area contributed by atoms with Gasteiger partial charge >= 0.3 is 11.9 Å². The highest BCUT2D eigenvalue weighted by atomic mass is 16.5. The second kappa shape index (κ2) is 8.77. The molecule has 0 saturated carbocycles. The van der Waals surface area contributed by atoms with Gasteiger partial charge in [-0.15, -0.1) is 0 Å². The Bertz CT molecular complexity index is 692. The molecule has 1 aromatic carbocycles. The Hall–Kier alpha value is -2.96. The molecule has 0 unspecified atom stereocenters. The van der Waals surface area contributed by atoms with E-state index in [2.05, 4.69) is 4.74 Å². The summed E-state index contributed by atoms with van der Waals surface area (Å²) in [5.41, 5.74) is 1.12. The maximum absolute atomic E-state index is 12.0. The summed E-state index contributed by atoms with van der Waals surface area (Å²) < 4.78 is 9.41. The van der Waals surface area contributed by atoms with Crippen molar-refractivity contribution in [3.8, 4) is 0 Å². The molecule has 1 aliphatic rings. The Morgan fingerprint density at radius 2 is 1.72 bits per heavy atom. The summed E-state index contributed by atoms with van der Waals surface area (Å²) in [6.07, 6.45) is 3.22. The van der Waals surface area contributed by atoms with Crippen molar-refractivity contribution >= 4 is 29.3 Å². The van der Waals surface area contributed by atoms with Crippen LogP contribution in [0.2, 0.25) is 0 Å². The molecule has 0 aliphatic carbocycles. The molecule has 7 heteroatoms. The minimum absolute atomic E-state index is 0.0707. The molecule has 132 valence electrons. The quantitative estimate of drug-likeness (QED) is 0.424. The number of carbonyl (C=O) groups is 4. The van der Waals surface area contributed by atoms with Crippen LogP contribution in [0.4, 0.5) is 5.69 Å². The summed E-state index contributed by atoms with van der Waals surface area (Å²) in [6.45, 7) is 2.09. The molecule has 1 aromatic rings. The van der Waals surface area contributed by atoms with Crippen molar-refractivity contribution in [1.29, 1.82) is 0 Å². The van der Waals surface area contributed by atoms with Gasteiger partial charge in [-0.25, -0.2) is 9.59 Å². The second-order valence-electron chi connectivity index (χ2n) is 5.31. The van der Waals surface area contributed by atoms with Crippen LogP contribution in [-0.4, -0.2) is 43.4 Å². The number of rotatable bonds is 7. The van der Waals surface area contributed by atoms with Crippen molar-refractivity contribution in [2.75, 3.05) is 24.7 Å². The number of hydrogen-bond donors (Lipinski definition) is 0. The summed E-state index contributed by atoms with van der Waals surface area (Å²) in [6, 6.07) is 6.56. The first-order valence-electron chi connectivity index (χ1n) is 7.96. The Morgan fingerprint density at radius 1 is 1.08 bits per heavy atom. The van der Waals surface area contributed by atoms with Gasteiger partial charge in [-0.3, -0.25) is 9.59 Å². The van der Waals surface area contributed by atoms with Crippen LogP contribution in [0.3, 0.4) is 0 Å². The Balaban J connectivity index is 1.85. The largest absolute Gasteiger partial charge is 0.463 e. The zero-order chi connectivity index (χ0) is 18.2. The molecule has 1 heterocycles. The molecule has 1 aliphatic heterocycles. The van der Waals surface area contributed by atoms with Crippen molar-refractivity contribution < 1.29 is 28.7 Å². The molecule has 7 nitrogen and oxygen atoms in total. The normalized spacial score (nSPS) is 14.0. The van der Waals surface area contributed by atoms with Crippen molar-refractivity contribution in [1.82, 2.24) is 0 Å². The molecule has 0 N–H and O–H groups in total. The lowest BCUT2D eigenvalue weighted by Crippen LogP contribution is -2.23. The molecular formula is C18H19NO6. The van der Waals surface area contributed by atoms with E-state index in [-0.39, 0.29) is 18.3 Å². The topological polar surface area (TPSA) is 90.0 Å². The number of esters is 2. The Morgan fingerprint density at radius 3 is 2.28 bits per heavy atom. The predicted molar refractivity (Wildman–Crippen MR) is 89.1 cm³/mol. The van der Waals surface area contributed by atoms with Gasteiger partial charge in [0.05, 0.1) is 6.61 Å². The summed E-state index contributed by atoms with van der Waals surface area (Å²) in [4.78, 5) is 47.9. The number of Topliss-reactive ketones (excluding diaryl/α,β-unsaturated/α-hetero) is 1. The summed E-state index contributed by atoms with van der Waals surface area (Å²) >= 11 is 0. The zero-order valence-electron chi connectivity index (χ0n) is 13.9. The molecule has 0 aromatic heterocycles. The van der Waals surface area contributed by atoms with Gasteiger partial charge in [0, 0.05) is 36.4 Å². The van der Waals surface area contributed by atoms with Crippen LogP contribution in [0.25, 0.3) is 0 Å². The molecule has 1 fully saturated rings. The third kappa shape index (κ3) is 5.27. The fourth-order valence-corrected chi connectivity index (χ4v) is 2.34. The molecule has 0 bridgehead atoms. The van der Waals surface area contributed by atoms with Crippen LogP contribution in [0.1, 0.15) is 30.1 Å². The predicted octanol–water partition coefficient (Wildman–Crippen LogP) is 1.66. The van der Waals surface area contributed by atoms with Crippen LogP contribution >= 0.6 is 0 Å². The van der Waals surface area contributed by atoms with Crippen LogP contribution in [0.5, 0.6) is 0 Å². The van der Waals surface area contributed by atoms with E-state index in [9.17, 15) is 19.2 Å². The fraction of sp³-hybridized carbons (Fsp3) is 0.333. The number of carbonyl (C=O) groups excluding carboxylic acids is 4. The van der Waals surface area contributed by atoms with Gasteiger partial charge in [0.15, 0.2) is 12.4 Å². The molecule has 1 amide bonds. The van der Waals surface area contributed by atoms with E-state index in [0.29, 0.717) is 18.5 Å². The first-order valence-corrected chi connectivity index (χ1v) is 7.96. The van der Waals surface area contributed by atoms with Gasteiger partial charge in [0.2, 0.25) is 5.91 Å². The average Bonchev–Trinajstić information content (AvgIpc) is 3.04. The summed E-state index contributed by atoms with van der Waals surface area (Å²) in [7, 11) is 0. The lowest BCUT2D eigenvalue weighted by atomic mass is 10.1. The third-order valence-corrected chi connectivity index (χ3v) is 3.56. The fourth-order valence-electron chi connectivity index (χ4n) is 2.34. The number of anilines is 1. The molecule has 1 saturated heterocycles. The number of ether oxygens (including phenoxy) is 2. The summed E-state index contributed by atoms with van der Waals surface area (Å²) in [5, 5.41) is 0. The van der Waals surface area contributed by atoms with Crippen LogP contribution < -0.4 is 4.90 Å². The second-order valence-corrected chi connectivity index (χ2v) is 5.31. The van der Waals surface area contributed by atoms with Crippen molar-refractivity contribution in [2.45, 2.75) is 19.8 Å². The molecule has 2 rings (SSSR count). The smallest absolute Gasteiger partial charge is 0.331 e. The van der Waals surface area contributed by atoms with Crippen LogP contribution in [-0.2, 0) is 23.9 Å². The Labute approximate surface area is 145 Å². The van der Waals surface area contributed by atoms with E-state index in [1.54, 1.807) is 36.1 Å². The highest BCUT2D eigenvalue weighted by molar-refractivity contribution is 6.00. The van der Waals surface area contributed by atoms with Gasteiger partial charge in [-0.1, -0.05) is 0 Å². The van der Waals surface area contributed by atoms with E-state index in [1.165, 1.54) is 0 Å². The van der Waals surface area contributed by atoms with Crippen LogP contribution in [0.15, 0.2) is 36.4 Å². The van der Waals surface area contributed by atoms with Crippen LogP contribution in [0, 0.1) is 0 Å². The summed E-state index contributed by atoms with van der Waals surface area (Å²) in [5.74, 6) is -1.77.